The zero-order chi connectivity index (χ0) is 12.7. The van der Waals surface area contributed by atoms with Crippen molar-refractivity contribution in [1.29, 1.82) is 0 Å². The summed E-state index contributed by atoms with van der Waals surface area (Å²) in [6.07, 6.45) is 3.29. The molecule has 0 aliphatic carbocycles. The number of nitrogens with zero attached hydrogens (tertiary/aromatic N) is 4. The predicted octanol–water partition coefficient (Wildman–Crippen LogP) is -0.200. The highest BCUT2D eigenvalue weighted by Crippen LogP contribution is 2.23. The van der Waals surface area contributed by atoms with Gasteiger partial charge in [-0.3, -0.25) is 9.89 Å². The number of hydrogen-bond acceptors (Lipinski definition) is 5. The van der Waals surface area contributed by atoms with Crippen LogP contribution >= 0.6 is 0 Å². The molecule has 0 fully saturated rings. The van der Waals surface area contributed by atoms with E-state index < -0.39 is 5.91 Å². The average molecular weight is 243 g/mol. The Morgan fingerprint density at radius 3 is 2.89 bits per heavy atom. The van der Waals surface area contributed by atoms with Gasteiger partial charge in [0.2, 0.25) is 5.95 Å². The van der Waals surface area contributed by atoms with Crippen LogP contribution in [0.15, 0.2) is 24.5 Å². The molecule has 0 saturated carbocycles. The van der Waals surface area contributed by atoms with Gasteiger partial charge in [-0.15, -0.1) is 5.10 Å². The first kappa shape index (κ1) is 10.3. The number of aromatic amines is 1. The van der Waals surface area contributed by atoms with E-state index in [9.17, 15) is 4.79 Å². The number of carbonyl (C=O) groups excluding carboxylic acids is 1. The second-order valence-electron chi connectivity index (χ2n) is 3.69. The van der Waals surface area contributed by atoms with E-state index in [1.54, 1.807) is 24.5 Å². The van der Waals surface area contributed by atoms with E-state index >= 15 is 0 Å². The Bertz CT molecular complexity index is 728. The molecule has 1 amide bonds. The first-order valence-electron chi connectivity index (χ1n) is 5.11. The van der Waals surface area contributed by atoms with Gasteiger partial charge < -0.3 is 11.5 Å². The maximum atomic E-state index is 11.3. The molecule has 0 unspecified atom stereocenters. The van der Waals surface area contributed by atoms with Gasteiger partial charge in [-0.2, -0.15) is 5.10 Å². The first-order valence-corrected chi connectivity index (χ1v) is 5.11. The average Bonchev–Trinajstić information content (AvgIpc) is 2.96. The lowest BCUT2D eigenvalue weighted by Gasteiger charge is -2.03. The zero-order valence-corrected chi connectivity index (χ0v) is 9.16. The van der Waals surface area contributed by atoms with Gasteiger partial charge >= 0.3 is 0 Å². The fraction of sp³-hybridized carbons (Fsp3) is 0. The molecule has 5 N–H and O–H groups in total. The smallest absolute Gasteiger partial charge is 0.267 e. The molecule has 18 heavy (non-hydrogen) atoms. The monoisotopic (exact) mass is 243 g/mol. The van der Waals surface area contributed by atoms with Crippen molar-refractivity contribution in [2.24, 2.45) is 5.73 Å². The Morgan fingerprint density at radius 1 is 1.39 bits per heavy atom. The third-order valence-corrected chi connectivity index (χ3v) is 2.55. The van der Waals surface area contributed by atoms with Gasteiger partial charge in [0, 0.05) is 11.8 Å². The highest BCUT2D eigenvalue weighted by atomic mass is 16.1. The quantitative estimate of drug-likeness (QED) is 0.574. The van der Waals surface area contributed by atoms with Gasteiger partial charge in [-0.1, -0.05) is 0 Å². The molecule has 0 aliphatic rings. The van der Waals surface area contributed by atoms with Gasteiger partial charge in [0.15, 0.2) is 0 Å². The second-order valence-corrected chi connectivity index (χ2v) is 3.69. The Hall–Kier alpha value is -2.90. The van der Waals surface area contributed by atoms with Crippen molar-refractivity contribution >= 4 is 17.4 Å². The highest BCUT2D eigenvalue weighted by molar-refractivity contribution is 5.93. The molecule has 3 aromatic rings. The van der Waals surface area contributed by atoms with Crippen LogP contribution in [0.1, 0.15) is 10.5 Å². The van der Waals surface area contributed by atoms with Gasteiger partial charge in [-0.05, 0) is 12.1 Å². The summed E-state index contributed by atoms with van der Waals surface area (Å²) in [6.45, 7) is 0. The third-order valence-electron chi connectivity index (χ3n) is 2.55. The number of nitrogens with one attached hydrogen (secondary N) is 1. The summed E-state index contributed by atoms with van der Waals surface area (Å²) in [7, 11) is 0. The molecule has 0 bridgehead atoms. The molecule has 8 nitrogen and oxygen atoms in total. The fourth-order valence-electron chi connectivity index (χ4n) is 1.79. The maximum absolute atomic E-state index is 11.3. The number of primary amides is 1. The standard InChI is InChI=1S/C10H9N7O/c11-9(18)7-2-1-6-8(5-3-13-14-4-5)15-10(12)16-17(6)7/h1-4H,(H2,11,18)(H2,12,16)(H,13,14). The molecule has 0 spiro atoms. The summed E-state index contributed by atoms with van der Waals surface area (Å²) in [5, 5.41) is 10.5. The lowest BCUT2D eigenvalue weighted by atomic mass is 10.2. The van der Waals surface area contributed by atoms with Crippen molar-refractivity contribution in [1.82, 2.24) is 24.8 Å². The number of H-pyrrole nitrogens is 1. The first-order chi connectivity index (χ1) is 8.66. The van der Waals surface area contributed by atoms with Crippen molar-refractivity contribution in [3.63, 3.8) is 0 Å². The van der Waals surface area contributed by atoms with Gasteiger partial charge in [0.25, 0.3) is 5.91 Å². The normalized spacial score (nSPS) is 10.9. The molecule has 90 valence electrons. The van der Waals surface area contributed by atoms with E-state index in [0.717, 1.165) is 5.56 Å². The molecule has 0 aromatic carbocycles. The van der Waals surface area contributed by atoms with Crippen LogP contribution in [0, 0.1) is 0 Å². The number of rotatable bonds is 2. The predicted molar refractivity (Wildman–Crippen MR) is 63.5 cm³/mol. The van der Waals surface area contributed by atoms with Crippen molar-refractivity contribution in [3.8, 4) is 11.3 Å². The summed E-state index contributed by atoms with van der Waals surface area (Å²) < 4.78 is 1.38. The van der Waals surface area contributed by atoms with Crippen molar-refractivity contribution < 1.29 is 4.79 Å². The van der Waals surface area contributed by atoms with E-state index in [-0.39, 0.29) is 11.6 Å². The zero-order valence-electron chi connectivity index (χ0n) is 9.16. The molecule has 0 atom stereocenters. The summed E-state index contributed by atoms with van der Waals surface area (Å²) in [5.41, 5.74) is 13.1. The van der Waals surface area contributed by atoms with Gasteiger partial charge in [-0.25, -0.2) is 9.50 Å². The number of nitrogen functional groups attached to an aromatic ring is 1. The molecule has 0 radical (unpaired) electrons. The molecule has 3 rings (SSSR count). The van der Waals surface area contributed by atoms with E-state index in [0.29, 0.717) is 11.2 Å². The second kappa shape index (κ2) is 3.55. The Kier molecular flexibility index (Phi) is 2.03. The highest BCUT2D eigenvalue weighted by Gasteiger charge is 2.15. The molecule has 3 heterocycles. The van der Waals surface area contributed by atoms with Crippen LogP contribution in [0.2, 0.25) is 0 Å². The summed E-state index contributed by atoms with van der Waals surface area (Å²) in [5.74, 6) is -0.524. The topological polar surface area (TPSA) is 128 Å². The van der Waals surface area contributed by atoms with Gasteiger partial charge in [0.05, 0.1) is 11.7 Å². The lowest BCUT2D eigenvalue weighted by molar-refractivity contribution is 0.0994. The minimum Gasteiger partial charge on any atom is -0.367 e. The van der Waals surface area contributed by atoms with Crippen LogP contribution < -0.4 is 11.5 Å². The lowest BCUT2D eigenvalue weighted by Crippen LogP contribution is -2.16. The molecule has 8 heteroatoms. The Balaban J connectivity index is 2.36. The van der Waals surface area contributed by atoms with Crippen LogP contribution in [0.4, 0.5) is 5.95 Å². The van der Waals surface area contributed by atoms with Crippen LogP contribution in [0.5, 0.6) is 0 Å². The van der Waals surface area contributed by atoms with Crippen molar-refractivity contribution in [3.05, 3.63) is 30.2 Å². The largest absolute Gasteiger partial charge is 0.367 e. The van der Waals surface area contributed by atoms with E-state index in [1.165, 1.54) is 4.52 Å². The van der Waals surface area contributed by atoms with E-state index in [4.69, 9.17) is 11.5 Å². The fourth-order valence-corrected chi connectivity index (χ4v) is 1.79. The van der Waals surface area contributed by atoms with Crippen LogP contribution in [-0.2, 0) is 0 Å². The summed E-state index contributed by atoms with van der Waals surface area (Å²) >= 11 is 0. The van der Waals surface area contributed by atoms with Crippen LogP contribution in [-0.4, -0.2) is 30.7 Å². The van der Waals surface area contributed by atoms with Crippen LogP contribution in [0.25, 0.3) is 16.8 Å². The SMILES string of the molecule is NC(=O)c1ccc2c(-c3cn[nH]c3)nc(N)nn12. The Labute approximate surface area is 101 Å². The number of hydrogen-bond donors (Lipinski definition) is 3. The van der Waals surface area contributed by atoms with E-state index in [1.807, 2.05) is 0 Å². The minimum absolute atomic E-state index is 0.0531. The number of amides is 1. The maximum Gasteiger partial charge on any atom is 0.267 e. The molecule has 0 saturated heterocycles. The third kappa shape index (κ3) is 1.39. The number of anilines is 1. The molecular weight excluding hydrogens is 234 g/mol. The minimum atomic E-state index is -0.578. The van der Waals surface area contributed by atoms with Crippen molar-refractivity contribution in [2.75, 3.05) is 5.73 Å². The molecule has 3 aromatic heterocycles. The number of nitrogens with two attached hydrogens (primary N) is 2. The van der Waals surface area contributed by atoms with E-state index in [2.05, 4.69) is 20.3 Å². The number of fused-ring (bicyclic) bond motifs is 1. The molecule has 0 aliphatic heterocycles. The Morgan fingerprint density at radius 2 is 2.22 bits per heavy atom. The van der Waals surface area contributed by atoms with Crippen molar-refractivity contribution in [2.45, 2.75) is 0 Å². The summed E-state index contributed by atoms with van der Waals surface area (Å²) in [6, 6.07) is 3.29. The number of carbonyl (C=O) groups is 1. The van der Waals surface area contributed by atoms with Gasteiger partial charge in [0.1, 0.15) is 11.4 Å². The number of aromatic nitrogens is 5. The molecular formula is C10H9N7O. The summed E-state index contributed by atoms with van der Waals surface area (Å²) in [4.78, 5) is 15.4. The van der Waals surface area contributed by atoms with Crippen LogP contribution in [0.3, 0.4) is 0 Å².